The van der Waals surface area contributed by atoms with E-state index in [0.29, 0.717) is 17.3 Å². The molecule has 2 aliphatic carbocycles. The molecular formula is C23H41N. The van der Waals surface area contributed by atoms with Crippen molar-refractivity contribution in [1.29, 1.82) is 0 Å². The van der Waals surface area contributed by atoms with Crippen LogP contribution in [0.15, 0.2) is 24.3 Å². The lowest BCUT2D eigenvalue weighted by Gasteiger charge is -2.52. The number of hydrogen-bond acceptors (Lipinski definition) is 1. The van der Waals surface area contributed by atoms with Crippen molar-refractivity contribution in [1.82, 2.24) is 0 Å². The summed E-state index contributed by atoms with van der Waals surface area (Å²) < 4.78 is 0. The van der Waals surface area contributed by atoms with Crippen LogP contribution in [0.1, 0.15) is 80.1 Å². The number of nitrogens with two attached hydrogens (primary N) is 1. The van der Waals surface area contributed by atoms with Crippen LogP contribution in [0.4, 0.5) is 0 Å². The first-order valence-corrected chi connectivity index (χ1v) is 10.2. The summed E-state index contributed by atoms with van der Waals surface area (Å²) in [7, 11) is 0. The van der Waals surface area contributed by atoms with E-state index in [2.05, 4.69) is 54.7 Å². The number of hydrogen-bond donors (Lipinski definition) is 1. The van der Waals surface area contributed by atoms with Crippen molar-refractivity contribution in [2.75, 3.05) is 0 Å². The molecular weight excluding hydrogens is 290 g/mol. The normalized spacial score (nSPS) is 45.0. The Bertz CT molecular complexity index is 492. The predicted molar refractivity (Wildman–Crippen MR) is 107 cm³/mol. The van der Waals surface area contributed by atoms with E-state index in [4.69, 9.17) is 5.73 Å². The van der Waals surface area contributed by atoms with Crippen molar-refractivity contribution in [3.63, 3.8) is 0 Å². The quantitative estimate of drug-likeness (QED) is 0.540. The van der Waals surface area contributed by atoms with Crippen LogP contribution in [-0.2, 0) is 0 Å². The molecule has 24 heavy (non-hydrogen) atoms. The number of rotatable bonds is 7. The van der Waals surface area contributed by atoms with Gasteiger partial charge in [0.1, 0.15) is 0 Å². The van der Waals surface area contributed by atoms with Gasteiger partial charge >= 0.3 is 0 Å². The third-order valence-corrected chi connectivity index (χ3v) is 8.13. The van der Waals surface area contributed by atoms with Crippen LogP contribution in [-0.4, -0.2) is 6.04 Å². The van der Waals surface area contributed by atoms with Crippen LogP contribution in [0.5, 0.6) is 0 Å². The van der Waals surface area contributed by atoms with E-state index in [1.807, 2.05) is 0 Å². The molecule has 0 aliphatic heterocycles. The molecule has 0 spiro atoms. The Morgan fingerprint density at radius 1 is 1.21 bits per heavy atom. The Morgan fingerprint density at radius 3 is 2.29 bits per heavy atom. The van der Waals surface area contributed by atoms with E-state index in [9.17, 15) is 0 Å². The minimum Gasteiger partial charge on any atom is -0.327 e. The Balaban J connectivity index is 2.18. The molecule has 7 unspecified atom stereocenters. The zero-order chi connectivity index (χ0) is 18.3. The molecule has 2 rings (SSSR count). The van der Waals surface area contributed by atoms with Crippen molar-refractivity contribution >= 4 is 0 Å². The summed E-state index contributed by atoms with van der Waals surface area (Å²) in [5, 5.41) is 0. The number of allylic oxidation sites excluding steroid dienone is 1. The van der Waals surface area contributed by atoms with Gasteiger partial charge in [-0.15, -0.1) is 0 Å². The van der Waals surface area contributed by atoms with Gasteiger partial charge in [0, 0.05) is 12.0 Å². The third kappa shape index (κ3) is 3.14. The Labute approximate surface area is 151 Å². The first-order chi connectivity index (χ1) is 11.1. The lowest BCUT2D eigenvalue weighted by Crippen LogP contribution is -2.43. The van der Waals surface area contributed by atoms with Gasteiger partial charge in [-0.25, -0.2) is 0 Å². The summed E-state index contributed by atoms with van der Waals surface area (Å²) in [6.07, 6.45) is 7.46. The minimum absolute atomic E-state index is 0.135. The molecule has 0 aromatic carbocycles. The topological polar surface area (TPSA) is 26.0 Å². The van der Waals surface area contributed by atoms with Gasteiger partial charge in [0.15, 0.2) is 0 Å². The van der Waals surface area contributed by atoms with Gasteiger partial charge in [0.25, 0.3) is 0 Å². The van der Waals surface area contributed by atoms with E-state index in [1.54, 1.807) is 0 Å². The van der Waals surface area contributed by atoms with Crippen molar-refractivity contribution in [2.45, 2.75) is 86.1 Å². The fraction of sp³-hybridized carbons (Fsp3) is 0.826. The smallest absolute Gasteiger partial charge is 0.0116 e. The summed E-state index contributed by atoms with van der Waals surface area (Å²) in [5.41, 5.74) is 9.95. The van der Waals surface area contributed by atoms with Crippen LogP contribution in [0.25, 0.3) is 0 Å². The van der Waals surface area contributed by atoms with E-state index < -0.39 is 0 Å². The van der Waals surface area contributed by atoms with Crippen LogP contribution in [0, 0.1) is 34.5 Å². The molecule has 0 aromatic heterocycles. The Hall–Kier alpha value is -0.560. The maximum absolute atomic E-state index is 6.61. The van der Waals surface area contributed by atoms with Gasteiger partial charge in [-0.2, -0.15) is 0 Å². The van der Waals surface area contributed by atoms with Gasteiger partial charge in [0.05, 0.1) is 0 Å². The van der Waals surface area contributed by atoms with Crippen molar-refractivity contribution in [3.8, 4) is 0 Å². The lowest BCUT2D eigenvalue weighted by molar-refractivity contribution is -0.0196. The summed E-state index contributed by atoms with van der Waals surface area (Å²) in [6.45, 7) is 23.0. The third-order valence-electron chi connectivity index (χ3n) is 8.13. The molecule has 0 aromatic rings. The zero-order valence-corrected chi connectivity index (χ0v) is 17.1. The molecule has 0 amide bonds. The van der Waals surface area contributed by atoms with E-state index >= 15 is 0 Å². The molecule has 1 nitrogen and oxygen atoms in total. The predicted octanol–water partition coefficient (Wildman–Crippen LogP) is 6.35. The van der Waals surface area contributed by atoms with Crippen LogP contribution in [0.2, 0.25) is 0 Å². The molecule has 2 aliphatic rings. The highest BCUT2D eigenvalue weighted by Gasteiger charge is 2.53. The van der Waals surface area contributed by atoms with E-state index in [1.165, 1.54) is 36.8 Å². The van der Waals surface area contributed by atoms with Gasteiger partial charge in [-0.1, -0.05) is 65.3 Å². The minimum atomic E-state index is 0.135. The molecule has 0 radical (unpaired) electrons. The fourth-order valence-electron chi connectivity index (χ4n) is 6.24. The molecule has 0 heterocycles. The molecule has 138 valence electrons. The molecule has 2 fully saturated rings. The Kier molecular flexibility index (Phi) is 5.75. The Morgan fingerprint density at radius 2 is 1.83 bits per heavy atom. The van der Waals surface area contributed by atoms with E-state index in [0.717, 1.165) is 24.7 Å². The average molecular weight is 332 g/mol. The summed E-state index contributed by atoms with van der Waals surface area (Å²) in [6, 6.07) is 0.247. The highest BCUT2D eigenvalue weighted by molar-refractivity contribution is 5.25. The first-order valence-electron chi connectivity index (χ1n) is 10.2. The second-order valence-corrected chi connectivity index (χ2v) is 9.72. The molecule has 2 saturated carbocycles. The van der Waals surface area contributed by atoms with Crippen LogP contribution in [0.3, 0.4) is 0 Å². The van der Waals surface area contributed by atoms with E-state index in [-0.39, 0.29) is 11.5 Å². The fourth-order valence-corrected chi connectivity index (χ4v) is 6.24. The molecule has 7 atom stereocenters. The monoisotopic (exact) mass is 331 g/mol. The first kappa shape index (κ1) is 19.8. The largest absolute Gasteiger partial charge is 0.327 e. The van der Waals surface area contributed by atoms with Gasteiger partial charge in [0.2, 0.25) is 0 Å². The maximum atomic E-state index is 6.61. The summed E-state index contributed by atoms with van der Waals surface area (Å²) in [5.74, 6) is 2.81. The maximum Gasteiger partial charge on any atom is 0.0116 e. The van der Waals surface area contributed by atoms with Gasteiger partial charge in [-0.05, 0) is 67.6 Å². The zero-order valence-electron chi connectivity index (χ0n) is 17.1. The molecule has 0 bridgehead atoms. The van der Waals surface area contributed by atoms with Crippen LogP contribution < -0.4 is 5.73 Å². The summed E-state index contributed by atoms with van der Waals surface area (Å²) in [4.78, 5) is 0. The molecule has 2 N–H and O–H groups in total. The highest BCUT2D eigenvalue weighted by atomic mass is 14.7. The second-order valence-electron chi connectivity index (χ2n) is 9.72. The standard InChI is InChI=1S/C23H41N/c1-9-10-17(5)23(8)19(13-20(24)21(23)15(2)3)11-12-22(7)14-16(4)18(22)6/h16,18-21H,2,5,9-14,24H2,1,3-4,6-8H3. The van der Waals surface area contributed by atoms with Crippen molar-refractivity contribution in [3.05, 3.63) is 24.3 Å². The van der Waals surface area contributed by atoms with Crippen molar-refractivity contribution in [2.24, 2.45) is 40.2 Å². The second kappa shape index (κ2) is 6.98. The molecule has 1 heteroatoms. The van der Waals surface area contributed by atoms with Gasteiger partial charge < -0.3 is 5.73 Å². The van der Waals surface area contributed by atoms with Crippen LogP contribution >= 0.6 is 0 Å². The molecule has 0 saturated heterocycles. The SMILES string of the molecule is C=C(C)C1C(N)CC(CCC2(C)CC(C)C2C)C1(C)C(=C)CCC. The van der Waals surface area contributed by atoms with Gasteiger partial charge in [-0.3, -0.25) is 0 Å². The average Bonchev–Trinajstić information content (AvgIpc) is 2.77. The van der Waals surface area contributed by atoms with Crippen molar-refractivity contribution < 1.29 is 0 Å². The highest BCUT2D eigenvalue weighted by Crippen LogP contribution is 2.59. The lowest BCUT2D eigenvalue weighted by atomic mass is 9.53. The summed E-state index contributed by atoms with van der Waals surface area (Å²) >= 11 is 0.